The van der Waals surface area contributed by atoms with Gasteiger partial charge in [-0.2, -0.15) is 0 Å². The lowest BCUT2D eigenvalue weighted by Gasteiger charge is -2.21. The normalized spacial score (nSPS) is 11.8. The molecule has 4 heteroatoms. The van der Waals surface area contributed by atoms with Crippen molar-refractivity contribution in [1.82, 2.24) is 10.6 Å². The SMILES string of the molecule is CNCCCC(=O)NC(CC(C)C)c1ccccc1.Cl. The number of carbonyl (C=O) groups is 1. The minimum Gasteiger partial charge on any atom is -0.349 e. The van der Waals surface area contributed by atoms with Crippen LogP contribution in [-0.4, -0.2) is 19.5 Å². The molecule has 114 valence electrons. The molecule has 1 unspecified atom stereocenters. The Hall–Kier alpha value is -1.06. The van der Waals surface area contributed by atoms with Gasteiger partial charge in [-0.1, -0.05) is 44.2 Å². The van der Waals surface area contributed by atoms with Gasteiger partial charge in [0.2, 0.25) is 5.91 Å². The molecule has 0 spiro atoms. The third-order valence-corrected chi connectivity index (χ3v) is 3.07. The van der Waals surface area contributed by atoms with E-state index in [2.05, 4.69) is 36.6 Å². The molecule has 1 rings (SSSR count). The fourth-order valence-electron chi connectivity index (χ4n) is 2.13. The van der Waals surface area contributed by atoms with Crippen LogP contribution in [0.4, 0.5) is 0 Å². The topological polar surface area (TPSA) is 41.1 Å². The Kier molecular flexibility index (Phi) is 10.1. The second kappa shape index (κ2) is 10.7. The van der Waals surface area contributed by atoms with Crippen molar-refractivity contribution in [3.8, 4) is 0 Å². The van der Waals surface area contributed by atoms with Gasteiger partial charge in [0.05, 0.1) is 6.04 Å². The molecule has 0 saturated heterocycles. The maximum absolute atomic E-state index is 11.9. The molecule has 2 N–H and O–H groups in total. The molecule has 0 radical (unpaired) electrons. The highest BCUT2D eigenvalue weighted by atomic mass is 35.5. The highest BCUT2D eigenvalue weighted by Gasteiger charge is 2.15. The van der Waals surface area contributed by atoms with Crippen molar-refractivity contribution >= 4 is 18.3 Å². The quantitative estimate of drug-likeness (QED) is 0.723. The van der Waals surface area contributed by atoms with E-state index in [0.717, 1.165) is 19.4 Å². The van der Waals surface area contributed by atoms with E-state index in [1.54, 1.807) is 0 Å². The molecule has 1 amide bonds. The van der Waals surface area contributed by atoms with Crippen molar-refractivity contribution in [2.24, 2.45) is 5.92 Å². The molecule has 1 aromatic carbocycles. The van der Waals surface area contributed by atoms with Crippen LogP contribution in [0.25, 0.3) is 0 Å². The van der Waals surface area contributed by atoms with Crippen LogP contribution >= 0.6 is 12.4 Å². The van der Waals surface area contributed by atoms with E-state index >= 15 is 0 Å². The van der Waals surface area contributed by atoms with Crippen LogP contribution in [-0.2, 0) is 4.79 Å². The van der Waals surface area contributed by atoms with Gasteiger partial charge >= 0.3 is 0 Å². The van der Waals surface area contributed by atoms with Gasteiger partial charge in [0.25, 0.3) is 0 Å². The summed E-state index contributed by atoms with van der Waals surface area (Å²) < 4.78 is 0. The summed E-state index contributed by atoms with van der Waals surface area (Å²) in [4.78, 5) is 11.9. The van der Waals surface area contributed by atoms with Crippen LogP contribution in [0.3, 0.4) is 0 Å². The van der Waals surface area contributed by atoms with Gasteiger partial charge in [-0.05, 0) is 37.9 Å². The van der Waals surface area contributed by atoms with E-state index in [1.165, 1.54) is 5.56 Å². The summed E-state index contributed by atoms with van der Waals surface area (Å²) in [5.74, 6) is 0.701. The van der Waals surface area contributed by atoms with Crippen LogP contribution in [0.2, 0.25) is 0 Å². The lowest BCUT2D eigenvalue weighted by molar-refractivity contribution is -0.122. The fourth-order valence-corrected chi connectivity index (χ4v) is 2.13. The number of nitrogens with one attached hydrogen (secondary N) is 2. The van der Waals surface area contributed by atoms with Gasteiger partial charge in [0.15, 0.2) is 0 Å². The Balaban J connectivity index is 0.00000361. The van der Waals surface area contributed by atoms with E-state index < -0.39 is 0 Å². The summed E-state index contributed by atoms with van der Waals surface area (Å²) in [6, 6.07) is 10.3. The van der Waals surface area contributed by atoms with E-state index in [4.69, 9.17) is 0 Å². The van der Waals surface area contributed by atoms with Crippen molar-refractivity contribution < 1.29 is 4.79 Å². The molecule has 20 heavy (non-hydrogen) atoms. The summed E-state index contributed by atoms with van der Waals surface area (Å²) in [5.41, 5.74) is 1.19. The predicted molar refractivity (Wildman–Crippen MR) is 87.2 cm³/mol. The standard InChI is InChI=1S/C16H26N2O.ClH/c1-13(2)12-15(14-8-5-4-6-9-14)18-16(19)10-7-11-17-3;/h4-6,8-9,13,15,17H,7,10-12H2,1-3H3,(H,18,19);1H. The number of rotatable bonds is 8. The number of hydrogen-bond acceptors (Lipinski definition) is 2. The van der Waals surface area contributed by atoms with Crippen molar-refractivity contribution in [3.05, 3.63) is 35.9 Å². The fraction of sp³-hybridized carbons (Fsp3) is 0.562. The molecule has 0 bridgehead atoms. The first-order valence-corrected chi connectivity index (χ1v) is 7.12. The van der Waals surface area contributed by atoms with Gasteiger partial charge in [-0.15, -0.1) is 12.4 Å². The third-order valence-electron chi connectivity index (χ3n) is 3.07. The Bertz CT molecular complexity index is 368. The van der Waals surface area contributed by atoms with Crippen molar-refractivity contribution in [2.45, 2.75) is 39.2 Å². The molecule has 1 aromatic rings. The Morgan fingerprint density at radius 2 is 1.85 bits per heavy atom. The average Bonchev–Trinajstić information content (AvgIpc) is 2.39. The van der Waals surface area contributed by atoms with E-state index in [0.29, 0.717) is 12.3 Å². The summed E-state index contributed by atoms with van der Waals surface area (Å²) >= 11 is 0. The Morgan fingerprint density at radius 3 is 2.40 bits per heavy atom. The highest BCUT2D eigenvalue weighted by Crippen LogP contribution is 2.21. The first-order chi connectivity index (χ1) is 9.13. The second-order valence-electron chi connectivity index (χ2n) is 5.37. The Labute approximate surface area is 128 Å². The molecule has 3 nitrogen and oxygen atoms in total. The summed E-state index contributed by atoms with van der Waals surface area (Å²) in [6.07, 6.45) is 2.44. The number of carbonyl (C=O) groups excluding carboxylic acids is 1. The number of benzene rings is 1. The lowest BCUT2D eigenvalue weighted by atomic mass is 9.97. The van der Waals surface area contributed by atoms with Gasteiger partial charge in [-0.25, -0.2) is 0 Å². The monoisotopic (exact) mass is 298 g/mol. The molecule has 0 aromatic heterocycles. The first kappa shape index (κ1) is 18.9. The maximum Gasteiger partial charge on any atom is 0.220 e. The zero-order valence-electron chi connectivity index (χ0n) is 12.7. The van der Waals surface area contributed by atoms with Crippen LogP contribution in [0.1, 0.15) is 44.7 Å². The molecule has 0 aliphatic rings. The molecule has 0 aliphatic heterocycles. The highest BCUT2D eigenvalue weighted by molar-refractivity contribution is 5.85. The predicted octanol–water partition coefficient (Wildman–Crippen LogP) is 3.31. The van der Waals surface area contributed by atoms with Crippen LogP contribution < -0.4 is 10.6 Å². The number of halogens is 1. The van der Waals surface area contributed by atoms with Gasteiger partial charge < -0.3 is 10.6 Å². The zero-order valence-corrected chi connectivity index (χ0v) is 13.5. The van der Waals surface area contributed by atoms with E-state index in [1.807, 2.05) is 25.2 Å². The molecule has 0 saturated carbocycles. The maximum atomic E-state index is 11.9. The van der Waals surface area contributed by atoms with Crippen molar-refractivity contribution in [3.63, 3.8) is 0 Å². The Morgan fingerprint density at radius 1 is 1.20 bits per heavy atom. The second-order valence-corrected chi connectivity index (χ2v) is 5.37. The van der Waals surface area contributed by atoms with E-state index in [9.17, 15) is 4.79 Å². The van der Waals surface area contributed by atoms with Crippen molar-refractivity contribution in [2.75, 3.05) is 13.6 Å². The average molecular weight is 299 g/mol. The first-order valence-electron chi connectivity index (χ1n) is 7.12. The molecule has 1 atom stereocenters. The number of hydrogen-bond donors (Lipinski definition) is 2. The molecular weight excluding hydrogens is 272 g/mol. The molecule has 0 aliphatic carbocycles. The van der Waals surface area contributed by atoms with E-state index in [-0.39, 0.29) is 24.4 Å². The van der Waals surface area contributed by atoms with Gasteiger partial charge in [-0.3, -0.25) is 4.79 Å². The van der Waals surface area contributed by atoms with Crippen molar-refractivity contribution in [1.29, 1.82) is 0 Å². The third kappa shape index (κ3) is 7.51. The summed E-state index contributed by atoms with van der Waals surface area (Å²) in [7, 11) is 1.91. The largest absolute Gasteiger partial charge is 0.349 e. The molecule has 0 fully saturated rings. The summed E-state index contributed by atoms with van der Waals surface area (Å²) in [5, 5.41) is 6.22. The minimum atomic E-state index is 0. The lowest BCUT2D eigenvalue weighted by Crippen LogP contribution is -2.29. The van der Waals surface area contributed by atoms with Gasteiger partial charge in [0.1, 0.15) is 0 Å². The molecule has 0 heterocycles. The number of amides is 1. The smallest absolute Gasteiger partial charge is 0.220 e. The van der Waals surface area contributed by atoms with Gasteiger partial charge in [0, 0.05) is 6.42 Å². The summed E-state index contributed by atoms with van der Waals surface area (Å²) in [6.45, 7) is 5.25. The van der Waals surface area contributed by atoms with Crippen LogP contribution in [0.5, 0.6) is 0 Å². The van der Waals surface area contributed by atoms with Crippen LogP contribution in [0.15, 0.2) is 30.3 Å². The zero-order chi connectivity index (χ0) is 14.1. The minimum absolute atomic E-state index is 0. The van der Waals surface area contributed by atoms with Crippen LogP contribution in [0, 0.1) is 5.92 Å². The molecular formula is C16H27ClN2O.